The topological polar surface area (TPSA) is 88.6 Å². The average molecular weight is 315 g/mol. The molecule has 0 aliphatic carbocycles. The van der Waals surface area contributed by atoms with E-state index in [1.54, 1.807) is 4.90 Å². The lowest BCUT2D eigenvalue weighted by Crippen LogP contribution is -2.50. The number of furan rings is 1. The monoisotopic (exact) mass is 315 g/mol. The first-order valence-electron chi connectivity index (χ1n) is 7.90. The summed E-state index contributed by atoms with van der Waals surface area (Å²) in [5.41, 5.74) is 6.72. The molecule has 1 aliphatic rings. The zero-order valence-electron chi connectivity index (χ0n) is 13.2. The van der Waals surface area contributed by atoms with Crippen molar-refractivity contribution in [3.63, 3.8) is 0 Å². The molecule has 3 amide bonds. The number of aryl methyl sites for hydroxylation is 1. The molecule has 2 aromatic rings. The highest BCUT2D eigenvalue weighted by molar-refractivity contribution is 5.99. The van der Waals surface area contributed by atoms with Gasteiger partial charge in [0.05, 0.1) is 0 Å². The number of urea groups is 1. The van der Waals surface area contributed by atoms with Crippen molar-refractivity contribution >= 4 is 22.9 Å². The minimum atomic E-state index is -0.567. The number of nitrogens with one attached hydrogen (secondary N) is 1. The van der Waals surface area contributed by atoms with Crippen molar-refractivity contribution in [2.24, 2.45) is 5.73 Å². The van der Waals surface area contributed by atoms with Gasteiger partial charge in [-0.05, 0) is 32.3 Å². The number of hydrogen-bond donors (Lipinski definition) is 2. The summed E-state index contributed by atoms with van der Waals surface area (Å²) >= 11 is 0. The van der Waals surface area contributed by atoms with Gasteiger partial charge < -0.3 is 20.4 Å². The van der Waals surface area contributed by atoms with E-state index in [9.17, 15) is 9.59 Å². The standard InChI is InChI=1S/C17H21N3O3/c1-11-13-7-2-3-8-14(13)23-15(11)16(21)20-9-5-4-6-12(20)10-19-17(18)22/h2-3,7-8,12H,4-6,9-10H2,1H3,(H3,18,19,22)/t12-/m1/s1. The van der Waals surface area contributed by atoms with E-state index in [0.717, 1.165) is 35.8 Å². The minimum Gasteiger partial charge on any atom is -0.451 e. The van der Waals surface area contributed by atoms with Crippen LogP contribution in [0.1, 0.15) is 35.4 Å². The van der Waals surface area contributed by atoms with Gasteiger partial charge >= 0.3 is 6.03 Å². The molecule has 1 aliphatic heterocycles. The van der Waals surface area contributed by atoms with Crippen LogP contribution in [0.4, 0.5) is 4.79 Å². The molecule has 23 heavy (non-hydrogen) atoms. The molecule has 1 aromatic carbocycles. The molecule has 0 spiro atoms. The van der Waals surface area contributed by atoms with Crippen molar-refractivity contribution in [2.45, 2.75) is 32.2 Å². The van der Waals surface area contributed by atoms with Gasteiger partial charge in [-0.25, -0.2) is 4.79 Å². The van der Waals surface area contributed by atoms with Crippen molar-refractivity contribution in [1.29, 1.82) is 0 Å². The quantitative estimate of drug-likeness (QED) is 0.911. The number of hydrogen-bond acceptors (Lipinski definition) is 3. The number of carbonyl (C=O) groups excluding carboxylic acids is 2. The lowest BCUT2D eigenvalue weighted by atomic mass is 10.0. The second kappa shape index (κ2) is 6.32. The summed E-state index contributed by atoms with van der Waals surface area (Å²) in [6, 6.07) is 7.02. The summed E-state index contributed by atoms with van der Waals surface area (Å²) in [5.74, 6) is 0.270. The van der Waals surface area contributed by atoms with Crippen LogP contribution < -0.4 is 11.1 Å². The largest absolute Gasteiger partial charge is 0.451 e. The van der Waals surface area contributed by atoms with E-state index < -0.39 is 6.03 Å². The maximum Gasteiger partial charge on any atom is 0.312 e. The Morgan fingerprint density at radius 1 is 1.35 bits per heavy atom. The molecule has 1 atom stereocenters. The summed E-state index contributed by atoms with van der Waals surface area (Å²) in [5, 5.41) is 3.57. The van der Waals surface area contributed by atoms with E-state index in [2.05, 4.69) is 5.32 Å². The molecule has 1 fully saturated rings. The molecular weight excluding hydrogens is 294 g/mol. The maximum absolute atomic E-state index is 12.9. The molecule has 0 saturated carbocycles. The Morgan fingerprint density at radius 2 is 2.13 bits per heavy atom. The van der Waals surface area contributed by atoms with Crippen molar-refractivity contribution in [3.8, 4) is 0 Å². The van der Waals surface area contributed by atoms with Gasteiger partial charge in [0.1, 0.15) is 5.58 Å². The summed E-state index contributed by atoms with van der Waals surface area (Å²) in [6.07, 6.45) is 2.84. The first-order chi connectivity index (χ1) is 11.1. The van der Waals surface area contributed by atoms with Crippen molar-refractivity contribution in [1.82, 2.24) is 10.2 Å². The fourth-order valence-corrected chi connectivity index (χ4v) is 3.21. The second-order valence-corrected chi connectivity index (χ2v) is 5.95. The zero-order valence-corrected chi connectivity index (χ0v) is 13.2. The van der Waals surface area contributed by atoms with Crippen LogP contribution in [0.15, 0.2) is 28.7 Å². The molecule has 1 aromatic heterocycles. The molecule has 0 bridgehead atoms. The predicted octanol–water partition coefficient (Wildman–Crippen LogP) is 2.40. The van der Waals surface area contributed by atoms with Crippen molar-refractivity contribution in [3.05, 3.63) is 35.6 Å². The number of likely N-dealkylation sites (tertiary alicyclic amines) is 1. The Balaban J connectivity index is 1.86. The van der Waals surface area contributed by atoms with Gasteiger partial charge in [0, 0.05) is 30.1 Å². The molecule has 6 heteroatoms. The Hall–Kier alpha value is -2.50. The fourth-order valence-electron chi connectivity index (χ4n) is 3.21. The van der Waals surface area contributed by atoms with E-state index in [1.807, 2.05) is 31.2 Å². The van der Waals surface area contributed by atoms with E-state index in [-0.39, 0.29) is 11.9 Å². The average Bonchev–Trinajstić information content (AvgIpc) is 2.90. The van der Waals surface area contributed by atoms with Gasteiger partial charge in [0.15, 0.2) is 5.76 Å². The van der Waals surface area contributed by atoms with Crippen LogP contribution in [0.3, 0.4) is 0 Å². The van der Waals surface area contributed by atoms with E-state index in [1.165, 1.54) is 0 Å². The molecule has 0 radical (unpaired) electrons. The third-order valence-corrected chi connectivity index (χ3v) is 4.44. The van der Waals surface area contributed by atoms with E-state index >= 15 is 0 Å². The third kappa shape index (κ3) is 3.02. The lowest BCUT2D eigenvalue weighted by molar-refractivity contribution is 0.0584. The number of primary amides is 1. The highest BCUT2D eigenvalue weighted by Crippen LogP contribution is 2.28. The molecule has 2 heterocycles. The second-order valence-electron chi connectivity index (χ2n) is 5.95. The molecule has 122 valence electrons. The Labute approximate surface area is 134 Å². The number of carbonyl (C=O) groups is 2. The van der Waals surface area contributed by atoms with Gasteiger partial charge in [-0.1, -0.05) is 18.2 Å². The molecule has 0 unspecified atom stereocenters. The normalized spacial score (nSPS) is 18.1. The maximum atomic E-state index is 12.9. The van der Waals surface area contributed by atoms with Crippen LogP contribution in [-0.2, 0) is 0 Å². The predicted molar refractivity (Wildman–Crippen MR) is 87.2 cm³/mol. The summed E-state index contributed by atoms with van der Waals surface area (Å²) in [6.45, 7) is 2.94. The number of rotatable bonds is 3. The minimum absolute atomic E-state index is 0.0450. The SMILES string of the molecule is Cc1c(C(=O)N2CCCC[C@@H]2CNC(N)=O)oc2ccccc12. The van der Waals surface area contributed by atoms with Crippen molar-refractivity contribution < 1.29 is 14.0 Å². The molecule has 3 N–H and O–H groups in total. The van der Waals surface area contributed by atoms with Gasteiger partial charge in [-0.15, -0.1) is 0 Å². The number of nitrogens with two attached hydrogens (primary N) is 1. The fraction of sp³-hybridized carbons (Fsp3) is 0.412. The number of para-hydroxylation sites is 1. The van der Waals surface area contributed by atoms with Crippen LogP contribution >= 0.6 is 0 Å². The third-order valence-electron chi connectivity index (χ3n) is 4.44. The first kappa shape index (κ1) is 15.4. The van der Waals surface area contributed by atoms with E-state index in [0.29, 0.717) is 18.8 Å². The summed E-state index contributed by atoms with van der Waals surface area (Å²) < 4.78 is 5.78. The van der Waals surface area contributed by atoms with Crippen LogP contribution in [0, 0.1) is 6.92 Å². The Morgan fingerprint density at radius 3 is 2.87 bits per heavy atom. The zero-order chi connectivity index (χ0) is 16.4. The first-order valence-corrected chi connectivity index (χ1v) is 7.90. The Bertz CT molecular complexity index is 738. The van der Waals surface area contributed by atoms with Crippen LogP contribution in [0.25, 0.3) is 11.0 Å². The highest BCUT2D eigenvalue weighted by atomic mass is 16.3. The number of piperidine rings is 1. The number of amides is 3. The van der Waals surface area contributed by atoms with Gasteiger partial charge in [0.25, 0.3) is 5.91 Å². The smallest absolute Gasteiger partial charge is 0.312 e. The molecular formula is C17H21N3O3. The van der Waals surface area contributed by atoms with Crippen molar-refractivity contribution in [2.75, 3.05) is 13.1 Å². The number of nitrogens with zero attached hydrogens (tertiary/aromatic N) is 1. The summed E-state index contributed by atoms with van der Waals surface area (Å²) in [7, 11) is 0. The number of benzene rings is 1. The van der Waals surface area contributed by atoms with Gasteiger partial charge in [-0.2, -0.15) is 0 Å². The van der Waals surface area contributed by atoms with Crippen LogP contribution in [0.2, 0.25) is 0 Å². The van der Waals surface area contributed by atoms with Crippen LogP contribution in [0.5, 0.6) is 0 Å². The van der Waals surface area contributed by atoms with E-state index in [4.69, 9.17) is 10.2 Å². The molecule has 6 nitrogen and oxygen atoms in total. The summed E-state index contributed by atoms with van der Waals surface area (Å²) in [4.78, 5) is 25.7. The highest BCUT2D eigenvalue weighted by Gasteiger charge is 2.30. The van der Waals surface area contributed by atoms with Gasteiger partial charge in [0.2, 0.25) is 0 Å². The molecule has 1 saturated heterocycles. The van der Waals surface area contributed by atoms with Gasteiger partial charge in [-0.3, -0.25) is 4.79 Å². The van der Waals surface area contributed by atoms with Crippen LogP contribution in [-0.4, -0.2) is 36.0 Å². The Kier molecular flexibility index (Phi) is 4.23. The lowest BCUT2D eigenvalue weighted by Gasteiger charge is -2.35. The number of fused-ring (bicyclic) bond motifs is 1. The molecule has 3 rings (SSSR count).